The number of Topliss-reactive ketones (excluding diaryl/α,β-unsaturated/α-hetero) is 2. The molecule has 3 aromatic rings. The second kappa shape index (κ2) is 8.70. The monoisotopic (exact) mass is 516 g/mol. The van der Waals surface area contributed by atoms with Crippen LogP contribution in [0.25, 0.3) is 10.6 Å². The number of ketones is 3. The number of carbonyl (C=O) groups is 3. The molecular formula is C28H24N2O6S. The van der Waals surface area contributed by atoms with Gasteiger partial charge in [-0.25, -0.2) is 4.98 Å². The molecule has 2 heterocycles. The third-order valence-electron chi connectivity index (χ3n) is 6.95. The van der Waals surface area contributed by atoms with E-state index in [1.807, 2.05) is 29.6 Å². The van der Waals surface area contributed by atoms with E-state index in [1.54, 1.807) is 31.4 Å². The maximum Gasteiger partial charge on any atom is 0.194 e. The van der Waals surface area contributed by atoms with E-state index >= 15 is 0 Å². The number of hydrogen-bond donors (Lipinski definition) is 3. The first-order valence-electron chi connectivity index (χ1n) is 11.6. The molecule has 1 aliphatic heterocycles. The molecule has 0 amide bonds. The number of allylic oxidation sites excluding steroid dienone is 4. The summed E-state index contributed by atoms with van der Waals surface area (Å²) in [6.07, 6.45) is 2.96. The first kappa shape index (κ1) is 24.5. The van der Waals surface area contributed by atoms with Crippen molar-refractivity contribution in [2.75, 3.05) is 0 Å². The molecule has 3 N–H and O–H groups in total. The number of rotatable bonds is 5. The van der Waals surface area contributed by atoms with Gasteiger partial charge in [-0.3, -0.25) is 14.4 Å². The molecule has 0 saturated carbocycles. The van der Waals surface area contributed by atoms with E-state index in [-0.39, 0.29) is 39.5 Å². The number of nitrogens with zero attached hydrogens (tertiary/aromatic N) is 1. The van der Waals surface area contributed by atoms with Gasteiger partial charge in [-0.1, -0.05) is 24.3 Å². The molecule has 0 bridgehead atoms. The Morgan fingerprint density at radius 2 is 1.84 bits per heavy atom. The lowest BCUT2D eigenvalue weighted by atomic mass is 9.70. The van der Waals surface area contributed by atoms with Crippen molar-refractivity contribution in [2.45, 2.75) is 39.7 Å². The highest BCUT2D eigenvalue weighted by Crippen LogP contribution is 2.57. The second-order valence-electron chi connectivity index (χ2n) is 9.27. The van der Waals surface area contributed by atoms with Crippen molar-refractivity contribution in [1.82, 2.24) is 10.3 Å². The van der Waals surface area contributed by atoms with Gasteiger partial charge in [0.05, 0.1) is 11.1 Å². The third-order valence-corrected chi connectivity index (χ3v) is 7.77. The van der Waals surface area contributed by atoms with Crippen molar-refractivity contribution in [3.63, 3.8) is 0 Å². The lowest BCUT2D eigenvalue weighted by Gasteiger charge is -2.29. The summed E-state index contributed by atoms with van der Waals surface area (Å²) in [5, 5.41) is 27.4. The molecule has 2 aromatic carbocycles. The van der Waals surface area contributed by atoms with Crippen LogP contribution in [-0.2, 0) is 21.5 Å². The zero-order chi connectivity index (χ0) is 26.6. The van der Waals surface area contributed by atoms with Crippen LogP contribution >= 0.6 is 11.3 Å². The Hall–Kier alpha value is -4.24. The van der Waals surface area contributed by atoms with Gasteiger partial charge in [-0.05, 0) is 33.3 Å². The van der Waals surface area contributed by atoms with E-state index in [9.17, 15) is 24.6 Å². The second-order valence-corrected chi connectivity index (χ2v) is 10.2. The summed E-state index contributed by atoms with van der Waals surface area (Å²) in [5.74, 6) is -2.46. The van der Waals surface area contributed by atoms with E-state index in [0.717, 1.165) is 16.1 Å². The molecular weight excluding hydrogens is 492 g/mol. The quantitative estimate of drug-likeness (QED) is 0.257. The molecule has 9 heteroatoms. The summed E-state index contributed by atoms with van der Waals surface area (Å²) in [6.45, 7) is 6.27. The molecule has 8 nitrogen and oxygen atoms in total. The largest absolute Gasteiger partial charge is 0.507 e. The number of thiazole rings is 1. The van der Waals surface area contributed by atoms with Gasteiger partial charge in [0, 0.05) is 41.0 Å². The van der Waals surface area contributed by atoms with Gasteiger partial charge in [0.25, 0.3) is 0 Å². The predicted molar refractivity (Wildman–Crippen MR) is 138 cm³/mol. The number of phenolic OH excluding ortho intramolecular Hbond substituents is 2. The highest BCUT2D eigenvalue weighted by atomic mass is 32.1. The molecule has 0 unspecified atom stereocenters. The smallest absolute Gasteiger partial charge is 0.194 e. The predicted octanol–water partition coefficient (Wildman–Crippen LogP) is 4.48. The molecule has 1 atom stereocenters. The minimum Gasteiger partial charge on any atom is -0.507 e. The van der Waals surface area contributed by atoms with Crippen LogP contribution in [-0.4, -0.2) is 32.5 Å². The SMILES string of the molecule is CC(=O)c1c(O)c(C)c(O)c2c1OC1=CC(=O)C(=C(C)NCc3ccc(-c4nccs4)cc3)C(=O)[C@@]12C. The molecule has 2 aliphatic rings. The van der Waals surface area contributed by atoms with E-state index in [0.29, 0.717) is 12.2 Å². The summed E-state index contributed by atoms with van der Waals surface area (Å²) in [5.41, 5.74) is 0.724. The number of fused-ring (bicyclic) bond motifs is 3. The maximum absolute atomic E-state index is 13.9. The molecule has 0 radical (unpaired) electrons. The van der Waals surface area contributed by atoms with E-state index in [4.69, 9.17) is 4.74 Å². The van der Waals surface area contributed by atoms with Crippen LogP contribution in [0.1, 0.15) is 47.8 Å². The Bertz CT molecular complexity index is 1550. The number of aromatic nitrogens is 1. The van der Waals surface area contributed by atoms with Crippen molar-refractivity contribution in [2.24, 2.45) is 0 Å². The average Bonchev–Trinajstić information content (AvgIpc) is 3.49. The van der Waals surface area contributed by atoms with Gasteiger partial charge in [0.1, 0.15) is 39.0 Å². The third kappa shape index (κ3) is 3.65. The maximum atomic E-state index is 13.9. The van der Waals surface area contributed by atoms with Gasteiger partial charge in [-0.15, -0.1) is 11.3 Å². The average molecular weight is 517 g/mol. The molecule has 5 rings (SSSR count). The number of benzene rings is 2. The zero-order valence-electron chi connectivity index (χ0n) is 20.6. The molecule has 188 valence electrons. The number of phenols is 2. The van der Waals surface area contributed by atoms with Gasteiger partial charge < -0.3 is 20.3 Å². The molecule has 1 aromatic heterocycles. The van der Waals surface area contributed by atoms with E-state index in [2.05, 4.69) is 10.3 Å². The van der Waals surface area contributed by atoms with Crippen LogP contribution < -0.4 is 10.1 Å². The molecule has 0 saturated heterocycles. The molecule has 37 heavy (non-hydrogen) atoms. The highest BCUT2D eigenvalue weighted by Gasteiger charge is 2.56. The van der Waals surface area contributed by atoms with Crippen LogP contribution in [0.4, 0.5) is 0 Å². The fourth-order valence-corrected chi connectivity index (χ4v) is 5.46. The number of nitrogens with one attached hydrogen (secondary N) is 1. The summed E-state index contributed by atoms with van der Waals surface area (Å²) in [4.78, 5) is 43.5. The lowest BCUT2D eigenvalue weighted by Crippen LogP contribution is -2.41. The Labute approximate surface area is 216 Å². The zero-order valence-corrected chi connectivity index (χ0v) is 21.4. The van der Waals surface area contributed by atoms with Crippen molar-refractivity contribution in [3.8, 4) is 27.8 Å². The van der Waals surface area contributed by atoms with Crippen LogP contribution in [0.3, 0.4) is 0 Å². The van der Waals surface area contributed by atoms with Crippen LogP contribution in [0.15, 0.2) is 58.9 Å². The van der Waals surface area contributed by atoms with Crippen molar-refractivity contribution in [1.29, 1.82) is 0 Å². The summed E-state index contributed by atoms with van der Waals surface area (Å²) in [7, 11) is 0. The van der Waals surface area contributed by atoms with Gasteiger partial charge >= 0.3 is 0 Å². The normalized spacial score (nSPS) is 19.6. The summed E-state index contributed by atoms with van der Waals surface area (Å²) >= 11 is 1.55. The summed E-state index contributed by atoms with van der Waals surface area (Å²) in [6, 6.07) is 7.82. The Kier molecular flexibility index (Phi) is 5.75. The van der Waals surface area contributed by atoms with Gasteiger partial charge in [0.2, 0.25) is 0 Å². The minimum absolute atomic E-state index is 0.00891. The Balaban J connectivity index is 1.50. The van der Waals surface area contributed by atoms with E-state index < -0.39 is 28.5 Å². The first-order valence-corrected chi connectivity index (χ1v) is 12.5. The molecule has 0 fully saturated rings. The minimum atomic E-state index is -1.54. The van der Waals surface area contributed by atoms with E-state index in [1.165, 1.54) is 19.9 Å². The first-order chi connectivity index (χ1) is 17.6. The van der Waals surface area contributed by atoms with Crippen LogP contribution in [0.2, 0.25) is 0 Å². The Morgan fingerprint density at radius 3 is 2.46 bits per heavy atom. The standard InChI is InChI=1S/C28H24N2O6S/c1-13-23(33)21(15(3)31)25-22(24(13)34)28(4)19(36-25)11-18(32)20(26(28)35)14(2)30-12-16-5-7-17(8-6-16)27-29-9-10-37-27/h5-11,30,33-34H,12H2,1-4H3/t28-/m0/s1. The van der Waals surface area contributed by atoms with Crippen LogP contribution in [0.5, 0.6) is 17.2 Å². The number of aromatic hydroxyl groups is 2. The van der Waals surface area contributed by atoms with Crippen LogP contribution in [0, 0.1) is 6.92 Å². The number of carbonyl (C=O) groups excluding carboxylic acids is 3. The molecule has 0 spiro atoms. The van der Waals surface area contributed by atoms with Gasteiger partial charge in [-0.2, -0.15) is 0 Å². The fraction of sp³-hybridized carbons (Fsp3) is 0.214. The van der Waals surface area contributed by atoms with Crippen molar-refractivity contribution in [3.05, 3.63) is 81.2 Å². The summed E-state index contributed by atoms with van der Waals surface area (Å²) < 4.78 is 5.79. The number of ether oxygens (including phenoxy) is 1. The lowest BCUT2D eigenvalue weighted by molar-refractivity contribution is -0.123. The topological polar surface area (TPSA) is 126 Å². The molecule has 1 aliphatic carbocycles. The number of hydrogen-bond acceptors (Lipinski definition) is 9. The van der Waals surface area contributed by atoms with Gasteiger partial charge in [0.15, 0.2) is 17.3 Å². The fourth-order valence-electron chi connectivity index (χ4n) is 4.82. The van der Waals surface area contributed by atoms with Crippen molar-refractivity contribution >= 4 is 28.7 Å². The van der Waals surface area contributed by atoms with Crippen molar-refractivity contribution < 1.29 is 29.3 Å². The highest BCUT2D eigenvalue weighted by molar-refractivity contribution is 7.13. The Morgan fingerprint density at radius 1 is 1.14 bits per heavy atom.